The molecule has 5 rings (SSSR count). The summed E-state index contributed by atoms with van der Waals surface area (Å²) in [6.07, 6.45) is 3.87. The van der Waals surface area contributed by atoms with Crippen LogP contribution in [-0.2, 0) is 23.8 Å². The minimum Gasteiger partial charge on any atom is -0.462 e. The van der Waals surface area contributed by atoms with Gasteiger partial charge in [-0.3, -0.25) is 9.59 Å². The number of rotatable bonds is 4. The molecule has 40 heavy (non-hydrogen) atoms. The summed E-state index contributed by atoms with van der Waals surface area (Å²) >= 11 is 0. The van der Waals surface area contributed by atoms with Crippen molar-refractivity contribution in [2.75, 3.05) is 11.9 Å². The Kier molecular flexibility index (Phi) is 7.05. The van der Waals surface area contributed by atoms with Gasteiger partial charge in [-0.1, -0.05) is 32.9 Å². The zero-order chi connectivity index (χ0) is 28.8. The summed E-state index contributed by atoms with van der Waals surface area (Å²) in [6.45, 7) is 8.00. The van der Waals surface area contributed by atoms with Crippen LogP contribution in [0.1, 0.15) is 45.2 Å². The van der Waals surface area contributed by atoms with Gasteiger partial charge in [0.2, 0.25) is 0 Å². The monoisotopic (exact) mass is 545 g/mol. The smallest absolute Gasteiger partial charge is 0.289 e. The van der Waals surface area contributed by atoms with E-state index >= 15 is 4.39 Å². The fourth-order valence-electron chi connectivity index (χ4n) is 4.82. The zero-order valence-electron chi connectivity index (χ0n) is 23.2. The highest BCUT2D eigenvalue weighted by Gasteiger charge is 2.21. The number of anilines is 1. The normalized spacial score (nSPS) is 15.6. The molecule has 0 saturated carbocycles. The van der Waals surface area contributed by atoms with E-state index in [1.807, 2.05) is 27.7 Å². The van der Waals surface area contributed by atoms with Crippen LogP contribution in [0.15, 0.2) is 63.4 Å². The van der Waals surface area contributed by atoms with Crippen molar-refractivity contribution >= 4 is 22.5 Å². The van der Waals surface area contributed by atoms with Gasteiger partial charge in [0, 0.05) is 42.7 Å². The molecular formula is C30H32FN5O4. The van der Waals surface area contributed by atoms with E-state index in [4.69, 9.17) is 4.74 Å². The molecule has 1 unspecified atom stereocenters. The summed E-state index contributed by atoms with van der Waals surface area (Å²) in [5, 5.41) is 18.1. The quantitative estimate of drug-likeness (QED) is 0.397. The van der Waals surface area contributed by atoms with Gasteiger partial charge < -0.3 is 19.7 Å². The van der Waals surface area contributed by atoms with Crippen LogP contribution >= 0.6 is 0 Å². The summed E-state index contributed by atoms with van der Waals surface area (Å²) < 4.78 is 23.5. The van der Waals surface area contributed by atoms with E-state index in [1.54, 1.807) is 43.6 Å². The number of fused-ring (bicyclic) bond motifs is 1. The van der Waals surface area contributed by atoms with E-state index in [9.17, 15) is 14.7 Å². The van der Waals surface area contributed by atoms with Crippen LogP contribution in [-0.4, -0.2) is 38.1 Å². The maximum Gasteiger partial charge on any atom is 0.289 e. The predicted octanol–water partition coefficient (Wildman–Crippen LogP) is 4.26. The summed E-state index contributed by atoms with van der Waals surface area (Å²) in [6, 6.07) is 10.2. The van der Waals surface area contributed by atoms with Crippen LogP contribution in [0.4, 0.5) is 10.1 Å². The third-order valence-electron chi connectivity index (χ3n) is 7.08. The van der Waals surface area contributed by atoms with Crippen molar-refractivity contribution in [3.8, 4) is 16.8 Å². The van der Waals surface area contributed by atoms with Crippen molar-refractivity contribution in [3.63, 3.8) is 0 Å². The number of nitrogens with zero attached hydrogens (tertiary/aromatic N) is 4. The number of ether oxygens (including phenoxy) is 1. The second-order valence-corrected chi connectivity index (χ2v) is 11.1. The highest BCUT2D eigenvalue weighted by atomic mass is 19.1. The van der Waals surface area contributed by atoms with Gasteiger partial charge >= 0.3 is 0 Å². The molecule has 2 aromatic heterocycles. The van der Waals surface area contributed by atoms with E-state index in [1.165, 1.54) is 16.8 Å². The molecule has 4 aromatic rings. The van der Waals surface area contributed by atoms with Gasteiger partial charge in [-0.15, -0.1) is 0 Å². The second-order valence-electron chi connectivity index (χ2n) is 11.1. The van der Waals surface area contributed by atoms with Gasteiger partial charge in [0.05, 0.1) is 23.9 Å². The number of amidine groups is 1. The Morgan fingerprint density at radius 2 is 1.95 bits per heavy atom. The van der Waals surface area contributed by atoms with Gasteiger partial charge in [0.1, 0.15) is 17.6 Å². The first-order valence-corrected chi connectivity index (χ1v) is 13.1. The molecule has 3 heterocycles. The van der Waals surface area contributed by atoms with Crippen molar-refractivity contribution in [1.82, 2.24) is 14.3 Å². The molecule has 0 bridgehead atoms. The number of hydrogen-bond acceptors (Lipinski definition) is 7. The van der Waals surface area contributed by atoms with Crippen LogP contribution in [0, 0.1) is 5.82 Å². The number of hydrogen-bond donors (Lipinski definition) is 2. The largest absolute Gasteiger partial charge is 0.462 e. The third kappa shape index (κ3) is 5.02. The molecule has 9 nitrogen and oxygen atoms in total. The number of pyridine rings is 1. The van der Waals surface area contributed by atoms with Gasteiger partial charge in [0.15, 0.2) is 0 Å². The van der Waals surface area contributed by atoms with Crippen molar-refractivity contribution in [1.29, 1.82) is 0 Å². The second kappa shape index (κ2) is 10.3. The van der Waals surface area contributed by atoms with E-state index in [-0.39, 0.29) is 34.2 Å². The molecule has 1 aliphatic rings. The molecule has 2 N–H and O–H groups in total. The minimum atomic E-state index is -0.633. The van der Waals surface area contributed by atoms with E-state index < -0.39 is 18.0 Å². The molecule has 0 radical (unpaired) electrons. The predicted molar refractivity (Wildman–Crippen MR) is 154 cm³/mol. The molecule has 0 amide bonds. The summed E-state index contributed by atoms with van der Waals surface area (Å²) in [5.74, 6) is -0.624. The number of aliphatic hydroxyl groups excluding tert-OH is 1. The van der Waals surface area contributed by atoms with Crippen LogP contribution in [0.2, 0.25) is 0 Å². The molecular weight excluding hydrogens is 513 g/mol. The number of aryl methyl sites for hydroxylation is 1. The zero-order valence-corrected chi connectivity index (χ0v) is 23.2. The molecule has 0 saturated heterocycles. The van der Waals surface area contributed by atoms with E-state index in [2.05, 4.69) is 15.4 Å². The number of aliphatic hydroxyl groups is 1. The SMILES string of the molecule is CC1CCN=C(Nc2cc(-c3cccc(-n4ncc5cc(C(C)(C)C)cc(F)c5c4=O)c3CO)cn(C)c2=O)O1. The Hall–Kier alpha value is -4.31. The fourth-order valence-corrected chi connectivity index (χ4v) is 4.82. The minimum absolute atomic E-state index is 0.0256. The topological polar surface area (TPSA) is 111 Å². The van der Waals surface area contributed by atoms with E-state index in [0.29, 0.717) is 34.3 Å². The van der Waals surface area contributed by atoms with Crippen molar-refractivity contribution in [3.05, 3.63) is 86.4 Å². The molecule has 10 heteroatoms. The fraction of sp³-hybridized carbons (Fsp3) is 0.333. The lowest BCUT2D eigenvalue weighted by atomic mass is 9.86. The average molecular weight is 546 g/mol. The number of benzene rings is 2. The van der Waals surface area contributed by atoms with Gasteiger partial charge in [0.25, 0.3) is 17.1 Å². The Morgan fingerprint density at radius 1 is 1.18 bits per heavy atom. The van der Waals surface area contributed by atoms with Crippen LogP contribution in [0.3, 0.4) is 0 Å². The maximum atomic E-state index is 15.3. The van der Waals surface area contributed by atoms with Crippen LogP contribution in [0.5, 0.6) is 0 Å². The van der Waals surface area contributed by atoms with Crippen molar-refractivity contribution < 1.29 is 14.2 Å². The summed E-state index contributed by atoms with van der Waals surface area (Å²) in [4.78, 5) is 30.7. The number of aromatic nitrogens is 3. The Morgan fingerprint density at radius 3 is 2.65 bits per heavy atom. The molecule has 1 atom stereocenters. The highest BCUT2D eigenvalue weighted by Crippen LogP contribution is 2.30. The lowest BCUT2D eigenvalue weighted by Gasteiger charge is -2.21. The average Bonchev–Trinajstić information content (AvgIpc) is 2.90. The van der Waals surface area contributed by atoms with Crippen LogP contribution in [0.25, 0.3) is 27.6 Å². The van der Waals surface area contributed by atoms with Gasteiger partial charge in [-0.05, 0) is 47.7 Å². The highest BCUT2D eigenvalue weighted by molar-refractivity contribution is 5.90. The van der Waals surface area contributed by atoms with E-state index in [0.717, 1.165) is 16.7 Å². The summed E-state index contributed by atoms with van der Waals surface area (Å²) in [7, 11) is 1.62. The number of halogens is 1. The Labute approximate surface area is 230 Å². The molecule has 0 spiro atoms. The molecule has 0 fully saturated rings. The van der Waals surface area contributed by atoms with Crippen LogP contribution < -0.4 is 16.4 Å². The first-order valence-electron chi connectivity index (χ1n) is 13.1. The first-order chi connectivity index (χ1) is 19.0. The molecule has 1 aliphatic heterocycles. The van der Waals surface area contributed by atoms with Crippen molar-refractivity contribution in [2.24, 2.45) is 12.0 Å². The third-order valence-corrected chi connectivity index (χ3v) is 7.08. The number of aliphatic imine (C=N–C) groups is 1. The number of nitrogens with one attached hydrogen (secondary N) is 1. The van der Waals surface area contributed by atoms with Gasteiger partial charge in [-0.25, -0.2) is 9.38 Å². The molecule has 208 valence electrons. The summed E-state index contributed by atoms with van der Waals surface area (Å²) in [5.41, 5.74) is 1.67. The lowest BCUT2D eigenvalue weighted by Crippen LogP contribution is -2.30. The first kappa shape index (κ1) is 27.3. The maximum absolute atomic E-state index is 15.3. The van der Waals surface area contributed by atoms with Gasteiger partial charge in [-0.2, -0.15) is 9.78 Å². The molecule has 0 aliphatic carbocycles. The Balaban J connectivity index is 1.63. The molecule has 2 aromatic carbocycles. The van der Waals surface area contributed by atoms with Crippen molar-refractivity contribution in [2.45, 2.75) is 52.2 Å². The Bertz CT molecular complexity index is 1770. The standard InChI is InChI=1S/C30H32FN5O4/c1-17-9-10-32-29(40-17)34-24-12-19(15-35(5)27(24)38)21-7-6-8-25(22(21)16-37)36-28(39)26-18(14-33-36)11-20(13-23(26)31)30(2,3)4/h6-8,11-15,17,37H,9-10,16H2,1-5H3,(H,32,34). The lowest BCUT2D eigenvalue weighted by molar-refractivity contribution is 0.185.